The molecule has 1 amide bonds. The zero-order chi connectivity index (χ0) is 11.7. The summed E-state index contributed by atoms with van der Waals surface area (Å²) in [4.78, 5) is 21.4. The van der Waals surface area contributed by atoms with Crippen molar-refractivity contribution in [3.63, 3.8) is 0 Å². The molecule has 16 heavy (non-hydrogen) atoms. The van der Waals surface area contributed by atoms with Gasteiger partial charge >= 0.3 is 0 Å². The summed E-state index contributed by atoms with van der Waals surface area (Å²) < 4.78 is 0.552. The van der Waals surface area contributed by atoms with Crippen LogP contribution in [0.3, 0.4) is 0 Å². The van der Waals surface area contributed by atoms with Gasteiger partial charge in [-0.2, -0.15) is 0 Å². The first-order valence-corrected chi connectivity index (χ1v) is 5.69. The summed E-state index contributed by atoms with van der Waals surface area (Å²) in [6.45, 7) is 1.06. The molecule has 0 saturated carbocycles. The van der Waals surface area contributed by atoms with Crippen LogP contribution in [-0.2, 0) is 4.79 Å². The predicted molar refractivity (Wildman–Crippen MR) is 63.7 cm³/mol. The molecule has 1 aliphatic rings. The lowest BCUT2D eigenvalue weighted by Crippen LogP contribution is -2.27. The summed E-state index contributed by atoms with van der Waals surface area (Å²) in [5.41, 5.74) is 11.3. The first-order valence-electron chi connectivity index (χ1n) is 4.90. The molecule has 1 atom stereocenters. The minimum absolute atomic E-state index is 0.00114. The lowest BCUT2D eigenvalue weighted by Gasteiger charge is -2.16. The molecule has 0 spiro atoms. The molecule has 7 heteroatoms. The lowest BCUT2D eigenvalue weighted by molar-refractivity contribution is -0.117. The third-order valence-electron chi connectivity index (χ3n) is 2.54. The average Bonchev–Trinajstić information content (AvgIpc) is 2.60. The molecule has 1 unspecified atom stereocenters. The number of halogens is 1. The van der Waals surface area contributed by atoms with E-state index in [4.69, 9.17) is 11.5 Å². The highest BCUT2D eigenvalue weighted by molar-refractivity contribution is 9.10. The minimum Gasteiger partial charge on any atom is -0.381 e. The monoisotopic (exact) mass is 285 g/mol. The smallest absolute Gasteiger partial charge is 0.228 e. The third-order valence-corrected chi connectivity index (χ3v) is 2.93. The van der Waals surface area contributed by atoms with Crippen molar-refractivity contribution >= 4 is 33.5 Å². The van der Waals surface area contributed by atoms with Gasteiger partial charge in [0.25, 0.3) is 0 Å². The standard InChI is InChI=1S/C9H12BrN5O/c10-6-3-13-9(8(12)14-6)15-4-5(2-11)1-7(15)16/h3,5H,1-2,4,11H2,(H2,12,14). The van der Waals surface area contributed by atoms with Gasteiger partial charge in [-0.25, -0.2) is 9.97 Å². The summed E-state index contributed by atoms with van der Waals surface area (Å²) in [6, 6.07) is 0. The topological polar surface area (TPSA) is 98.1 Å². The van der Waals surface area contributed by atoms with Crippen molar-refractivity contribution in [1.29, 1.82) is 0 Å². The second-order valence-electron chi connectivity index (χ2n) is 3.71. The number of carbonyl (C=O) groups is 1. The molecule has 0 aliphatic carbocycles. The van der Waals surface area contributed by atoms with Crippen LogP contribution in [-0.4, -0.2) is 29.0 Å². The summed E-state index contributed by atoms with van der Waals surface area (Å²) in [7, 11) is 0. The van der Waals surface area contributed by atoms with Crippen LogP contribution in [0.1, 0.15) is 6.42 Å². The summed E-state index contributed by atoms with van der Waals surface area (Å²) in [5, 5.41) is 0. The molecule has 2 heterocycles. The van der Waals surface area contributed by atoms with Crippen LogP contribution in [0, 0.1) is 5.92 Å². The fraction of sp³-hybridized carbons (Fsp3) is 0.444. The van der Waals surface area contributed by atoms with Crippen molar-refractivity contribution in [2.24, 2.45) is 11.7 Å². The number of aromatic nitrogens is 2. The van der Waals surface area contributed by atoms with Gasteiger partial charge < -0.3 is 11.5 Å². The van der Waals surface area contributed by atoms with Crippen LogP contribution in [0.2, 0.25) is 0 Å². The van der Waals surface area contributed by atoms with Gasteiger partial charge in [-0.1, -0.05) is 0 Å². The van der Waals surface area contributed by atoms with E-state index in [1.807, 2.05) is 0 Å². The van der Waals surface area contributed by atoms with Crippen molar-refractivity contribution in [3.8, 4) is 0 Å². The van der Waals surface area contributed by atoms with E-state index < -0.39 is 0 Å². The van der Waals surface area contributed by atoms with E-state index in [2.05, 4.69) is 25.9 Å². The summed E-state index contributed by atoms with van der Waals surface area (Å²) in [6.07, 6.45) is 1.97. The predicted octanol–water partition coefficient (Wildman–Crippen LogP) is 0.133. The van der Waals surface area contributed by atoms with Crippen molar-refractivity contribution in [3.05, 3.63) is 10.8 Å². The molecule has 0 radical (unpaired) electrons. The van der Waals surface area contributed by atoms with Gasteiger partial charge in [0.2, 0.25) is 5.91 Å². The van der Waals surface area contributed by atoms with E-state index in [0.717, 1.165) is 0 Å². The minimum atomic E-state index is -0.00114. The van der Waals surface area contributed by atoms with Gasteiger partial charge in [0, 0.05) is 13.0 Å². The first-order chi connectivity index (χ1) is 7.61. The Morgan fingerprint density at radius 1 is 1.62 bits per heavy atom. The quantitative estimate of drug-likeness (QED) is 0.805. The molecule has 2 rings (SSSR count). The molecule has 1 fully saturated rings. The Kier molecular flexibility index (Phi) is 3.06. The third kappa shape index (κ3) is 2.00. The highest BCUT2D eigenvalue weighted by atomic mass is 79.9. The van der Waals surface area contributed by atoms with Gasteiger partial charge in [-0.05, 0) is 28.4 Å². The largest absolute Gasteiger partial charge is 0.381 e. The van der Waals surface area contributed by atoms with Gasteiger partial charge in [0.1, 0.15) is 4.60 Å². The molecular weight excluding hydrogens is 274 g/mol. The molecule has 0 bridgehead atoms. The molecular formula is C9H12BrN5O. The second kappa shape index (κ2) is 4.34. The lowest BCUT2D eigenvalue weighted by atomic mass is 10.1. The number of anilines is 2. The normalized spacial score (nSPS) is 20.5. The van der Waals surface area contributed by atoms with Crippen LogP contribution >= 0.6 is 15.9 Å². The number of nitrogens with zero attached hydrogens (tertiary/aromatic N) is 3. The number of rotatable bonds is 2. The number of amides is 1. The van der Waals surface area contributed by atoms with Crippen LogP contribution in [0.15, 0.2) is 10.8 Å². The highest BCUT2D eigenvalue weighted by Crippen LogP contribution is 2.26. The molecule has 1 aromatic heterocycles. The Hall–Kier alpha value is -1.21. The Bertz CT molecular complexity index is 424. The molecule has 1 saturated heterocycles. The number of carbonyl (C=O) groups excluding carboxylic acids is 1. The van der Waals surface area contributed by atoms with Gasteiger partial charge in [-0.15, -0.1) is 0 Å². The Labute approximate surface area is 101 Å². The maximum absolute atomic E-state index is 11.7. The maximum Gasteiger partial charge on any atom is 0.228 e. The molecule has 6 nitrogen and oxygen atoms in total. The Morgan fingerprint density at radius 2 is 2.38 bits per heavy atom. The van der Waals surface area contributed by atoms with E-state index in [1.54, 1.807) is 4.90 Å². The average molecular weight is 286 g/mol. The summed E-state index contributed by atoms with van der Waals surface area (Å²) >= 11 is 3.17. The van der Waals surface area contributed by atoms with Gasteiger partial charge in [0.15, 0.2) is 11.6 Å². The van der Waals surface area contributed by atoms with Gasteiger partial charge in [-0.3, -0.25) is 9.69 Å². The second-order valence-corrected chi connectivity index (χ2v) is 4.52. The van der Waals surface area contributed by atoms with Crippen molar-refractivity contribution in [2.75, 3.05) is 23.7 Å². The number of hydrogen-bond acceptors (Lipinski definition) is 5. The Morgan fingerprint density at radius 3 is 2.94 bits per heavy atom. The number of nitrogen functional groups attached to an aromatic ring is 1. The SMILES string of the molecule is NCC1CC(=O)N(c2ncc(Br)nc2N)C1. The van der Waals surface area contributed by atoms with Gasteiger partial charge in [0.05, 0.1) is 6.20 Å². The highest BCUT2D eigenvalue weighted by Gasteiger charge is 2.31. The van der Waals surface area contributed by atoms with E-state index in [9.17, 15) is 4.79 Å². The number of nitrogens with two attached hydrogens (primary N) is 2. The summed E-state index contributed by atoms with van der Waals surface area (Å²) in [5.74, 6) is 0.848. The zero-order valence-corrected chi connectivity index (χ0v) is 10.1. The fourth-order valence-corrected chi connectivity index (χ4v) is 2.02. The number of hydrogen-bond donors (Lipinski definition) is 2. The van der Waals surface area contributed by atoms with Crippen LogP contribution in [0.5, 0.6) is 0 Å². The van der Waals surface area contributed by atoms with Crippen molar-refractivity contribution < 1.29 is 4.79 Å². The molecule has 4 N–H and O–H groups in total. The molecule has 0 aromatic carbocycles. The van der Waals surface area contributed by atoms with E-state index in [0.29, 0.717) is 29.9 Å². The van der Waals surface area contributed by atoms with Crippen LogP contribution < -0.4 is 16.4 Å². The maximum atomic E-state index is 11.7. The molecule has 86 valence electrons. The fourth-order valence-electron chi connectivity index (χ4n) is 1.73. The van der Waals surface area contributed by atoms with E-state index in [1.165, 1.54) is 6.20 Å². The zero-order valence-electron chi connectivity index (χ0n) is 8.56. The Balaban J connectivity index is 2.28. The molecule has 1 aliphatic heterocycles. The van der Waals surface area contributed by atoms with Crippen LogP contribution in [0.25, 0.3) is 0 Å². The first kappa shape index (κ1) is 11.3. The van der Waals surface area contributed by atoms with E-state index >= 15 is 0 Å². The van der Waals surface area contributed by atoms with E-state index in [-0.39, 0.29) is 17.6 Å². The van der Waals surface area contributed by atoms with Crippen molar-refractivity contribution in [2.45, 2.75) is 6.42 Å². The molecule has 1 aromatic rings. The van der Waals surface area contributed by atoms with Crippen molar-refractivity contribution in [1.82, 2.24) is 9.97 Å². The van der Waals surface area contributed by atoms with Crippen LogP contribution in [0.4, 0.5) is 11.6 Å².